The zero-order valence-electron chi connectivity index (χ0n) is 10.0. The summed E-state index contributed by atoms with van der Waals surface area (Å²) in [5, 5.41) is 8.12. The predicted molar refractivity (Wildman–Crippen MR) is 66.1 cm³/mol. The molecule has 1 N–H and O–H groups in total. The van der Waals surface area contributed by atoms with Crippen LogP contribution in [0.25, 0.3) is 10.9 Å². The first-order valence-electron chi connectivity index (χ1n) is 5.62. The molecule has 0 radical (unpaired) electrons. The number of nitrogens with zero attached hydrogens (tertiary/aromatic N) is 1. The van der Waals surface area contributed by atoms with Crippen LogP contribution in [0.4, 0.5) is 0 Å². The summed E-state index contributed by atoms with van der Waals surface area (Å²) in [7, 11) is 0. The lowest BCUT2D eigenvalue weighted by atomic mass is 10.0. The molecule has 0 aliphatic rings. The zero-order chi connectivity index (χ0) is 11.3. The van der Waals surface area contributed by atoms with E-state index in [-0.39, 0.29) is 0 Å². The van der Waals surface area contributed by atoms with Crippen molar-refractivity contribution in [2.24, 2.45) is 0 Å². The number of fused-ring (bicyclic) bond motifs is 1. The number of hydrogen-bond donors (Lipinski definition) is 1. The van der Waals surface area contributed by atoms with Gasteiger partial charge in [-0.15, -0.1) is 0 Å². The quantitative estimate of drug-likeness (QED) is 0.744. The molecule has 0 saturated carbocycles. The van der Waals surface area contributed by atoms with Crippen LogP contribution in [0.2, 0.25) is 0 Å². The number of aromatic nitrogens is 2. The summed E-state index contributed by atoms with van der Waals surface area (Å²) in [6.45, 7) is 8.63. The molecule has 1 aromatic carbocycles. The van der Waals surface area contributed by atoms with Gasteiger partial charge in [0.15, 0.2) is 0 Å². The first-order chi connectivity index (χ1) is 7.19. The van der Waals surface area contributed by atoms with Crippen LogP contribution in [0.15, 0.2) is 24.4 Å². The van der Waals surface area contributed by atoms with Crippen LogP contribution >= 0.6 is 0 Å². The van der Waals surface area contributed by atoms with E-state index in [0.717, 1.165) is 5.52 Å². The van der Waals surface area contributed by atoms with Gasteiger partial charge in [0.2, 0.25) is 0 Å². The van der Waals surface area contributed by atoms with Crippen molar-refractivity contribution < 1.29 is 0 Å². The molecule has 1 aromatic heterocycles. The maximum Gasteiger partial charge on any atom is 0.0653 e. The van der Waals surface area contributed by atoms with Gasteiger partial charge in [-0.2, -0.15) is 5.10 Å². The second-order valence-electron chi connectivity index (χ2n) is 4.08. The van der Waals surface area contributed by atoms with Crippen LogP contribution in [0.3, 0.4) is 0 Å². The standard InChI is InChI=1S/C10H12N2.C3H8/c1-7(2)8-3-4-9-6-11-12-10(9)5-8;1-3-2/h3-7H,1-2H3,(H,11,12);3H2,1-2H3. The van der Waals surface area contributed by atoms with E-state index in [1.807, 2.05) is 6.20 Å². The van der Waals surface area contributed by atoms with Gasteiger partial charge < -0.3 is 0 Å². The number of aromatic amines is 1. The minimum absolute atomic E-state index is 0.581. The minimum Gasteiger partial charge on any atom is -0.278 e. The lowest BCUT2D eigenvalue weighted by Gasteiger charge is -2.03. The molecular formula is C13H20N2. The second kappa shape index (κ2) is 5.54. The number of benzene rings is 1. The highest BCUT2D eigenvalue weighted by Crippen LogP contribution is 2.18. The second-order valence-corrected chi connectivity index (χ2v) is 4.08. The van der Waals surface area contributed by atoms with Gasteiger partial charge in [-0.05, 0) is 17.5 Å². The van der Waals surface area contributed by atoms with Crippen molar-refractivity contribution >= 4 is 10.9 Å². The Hall–Kier alpha value is -1.31. The topological polar surface area (TPSA) is 28.7 Å². The fourth-order valence-corrected chi connectivity index (χ4v) is 1.31. The van der Waals surface area contributed by atoms with E-state index in [0.29, 0.717) is 5.92 Å². The van der Waals surface area contributed by atoms with Crippen molar-refractivity contribution in [2.45, 2.75) is 40.0 Å². The molecule has 2 rings (SSSR count). The van der Waals surface area contributed by atoms with Gasteiger partial charge in [-0.1, -0.05) is 46.2 Å². The van der Waals surface area contributed by atoms with Crippen LogP contribution in [-0.4, -0.2) is 10.2 Å². The Morgan fingerprint density at radius 2 is 1.93 bits per heavy atom. The van der Waals surface area contributed by atoms with Gasteiger partial charge in [0.05, 0.1) is 11.7 Å². The molecule has 15 heavy (non-hydrogen) atoms. The fraction of sp³-hybridized carbons (Fsp3) is 0.462. The molecule has 0 saturated heterocycles. The fourth-order valence-electron chi connectivity index (χ4n) is 1.31. The van der Waals surface area contributed by atoms with Gasteiger partial charge in [0.1, 0.15) is 0 Å². The number of nitrogens with one attached hydrogen (secondary N) is 1. The normalized spacial score (nSPS) is 10.2. The van der Waals surface area contributed by atoms with Crippen molar-refractivity contribution in [3.8, 4) is 0 Å². The number of H-pyrrole nitrogens is 1. The first kappa shape index (κ1) is 11.8. The Kier molecular flexibility index (Phi) is 4.35. The van der Waals surface area contributed by atoms with Crippen LogP contribution in [0.1, 0.15) is 45.6 Å². The van der Waals surface area contributed by atoms with Crippen molar-refractivity contribution in [3.05, 3.63) is 30.0 Å². The summed E-state index contributed by atoms with van der Waals surface area (Å²) in [6, 6.07) is 6.42. The predicted octanol–water partition coefficient (Wildman–Crippen LogP) is 4.10. The molecule has 1 heterocycles. The Balaban J connectivity index is 0.000000337. The van der Waals surface area contributed by atoms with Gasteiger partial charge in [0, 0.05) is 5.39 Å². The third kappa shape index (κ3) is 3.08. The zero-order valence-corrected chi connectivity index (χ0v) is 10.0. The number of hydrogen-bond acceptors (Lipinski definition) is 1. The van der Waals surface area contributed by atoms with E-state index in [1.54, 1.807) is 0 Å². The van der Waals surface area contributed by atoms with E-state index in [1.165, 1.54) is 17.4 Å². The summed E-state index contributed by atoms with van der Waals surface area (Å²) < 4.78 is 0. The monoisotopic (exact) mass is 204 g/mol. The minimum atomic E-state index is 0.581. The van der Waals surface area contributed by atoms with E-state index in [4.69, 9.17) is 0 Å². The van der Waals surface area contributed by atoms with Crippen LogP contribution < -0.4 is 0 Å². The maximum absolute atomic E-state index is 3.98. The van der Waals surface area contributed by atoms with Gasteiger partial charge in [-0.3, -0.25) is 5.10 Å². The third-order valence-corrected chi connectivity index (χ3v) is 2.13. The molecule has 0 aliphatic carbocycles. The SMILES string of the molecule is CC(C)c1ccc2cn[nH]c2c1.CCC. The molecule has 0 aliphatic heterocycles. The van der Waals surface area contributed by atoms with Crippen molar-refractivity contribution in [3.63, 3.8) is 0 Å². The molecule has 82 valence electrons. The largest absolute Gasteiger partial charge is 0.278 e. The van der Waals surface area contributed by atoms with Crippen molar-refractivity contribution in [1.82, 2.24) is 10.2 Å². The van der Waals surface area contributed by atoms with Gasteiger partial charge >= 0.3 is 0 Å². The van der Waals surface area contributed by atoms with Gasteiger partial charge in [-0.25, -0.2) is 0 Å². The van der Waals surface area contributed by atoms with Crippen LogP contribution in [-0.2, 0) is 0 Å². The molecule has 2 nitrogen and oxygen atoms in total. The summed E-state index contributed by atoms with van der Waals surface area (Å²) in [6.07, 6.45) is 3.10. The molecule has 0 amide bonds. The van der Waals surface area contributed by atoms with E-state index in [9.17, 15) is 0 Å². The Morgan fingerprint density at radius 3 is 2.53 bits per heavy atom. The molecule has 0 fully saturated rings. The Morgan fingerprint density at radius 1 is 1.27 bits per heavy atom. The Labute approximate surface area is 91.7 Å². The molecule has 0 bridgehead atoms. The highest BCUT2D eigenvalue weighted by atomic mass is 15.1. The number of rotatable bonds is 1. The summed E-state index contributed by atoms with van der Waals surface area (Å²) in [4.78, 5) is 0. The highest BCUT2D eigenvalue weighted by Gasteiger charge is 2.00. The lowest BCUT2D eigenvalue weighted by molar-refractivity contribution is 0.868. The average molecular weight is 204 g/mol. The summed E-state index contributed by atoms with van der Waals surface area (Å²) in [5.74, 6) is 0.581. The van der Waals surface area contributed by atoms with Crippen molar-refractivity contribution in [2.75, 3.05) is 0 Å². The van der Waals surface area contributed by atoms with Gasteiger partial charge in [0.25, 0.3) is 0 Å². The molecule has 2 aromatic rings. The molecule has 2 heteroatoms. The first-order valence-corrected chi connectivity index (χ1v) is 5.62. The summed E-state index contributed by atoms with van der Waals surface area (Å²) >= 11 is 0. The molecular weight excluding hydrogens is 184 g/mol. The highest BCUT2D eigenvalue weighted by molar-refractivity contribution is 5.78. The Bertz CT molecular complexity index is 402. The lowest BCUT2D eigenvalue weighted by Crippen LogP contribution is -1.85. The van der Waals surface area contributed by atoms with Crippen LogP contribution in [0, 0.1) is 0 Å². The van der Waals surface area contributed by atoms with Crippen molar-refractivity contribution in [1.29, 1.82) is 0 Å². The summed E-state index contributed by atoms with van der Waals surface area (Å²) in [5.41, 5.74) is 2.48. The average Bonchev–Trinajstić information content (AvgIpc) is 2.65. The smallest absolute Gasteiger partial charge is 0.0653 e. The van der Waals surface area contributed by atoms with Crippen LogP contribution in [0.5, 0.6) is 0 Å². The molecule has 0 atom stereocenters. The van der Waals surface area contributed by atoms with E-state index < -0.39 is 0 Å². The third-order valence-electron chi connectivity index (χ3n) is 2.13. The molecule has 0 unspecified atom stereocenters. The van der Waals surface area contributed by atoms with E-state index in [2.05, 4.69) is 56.1 Å². The van der Waals surface area contributed by atoms with E-state index >= 15 is 0 Å². The molecule has 0 spiro atoms. The maximum atomic E-state index is 3.98.